The number of benzene rings is 9. The van der Waals surface area contributed by atoms with Gasteiger partial charge in [0.25, 0.3) is 6.33 Å². The Kier molecular flexibility index (Phi) is 11.0. The SMILES string of the molecule is [2H]c1c([2H])c([2H])c(-c2cccc(-c3cc(C(C)(C)C)cc(C(C)(C)C)c3)c2-[n+]2[c-]n(-c3[c-]c(Oc4[c-]c5c(c(-n6c7ccccc7c7ccccc76)c4)c4ccccc4n5-c4cc(CC)ccn4)ccc3)c3ccccc32)c([2H])c1[2H].[Pt]. The van der Waals surface area contributed by atoms with Gasteiger partial charge in [-0.2, -0.15) is 12.1 Å². The molecule has 0 aliphatic heterocycles. The Morgan fingerprint density at radius 2 is 1.17 bits per heavy atom. The summed E-state index contributed by atoms with van der Waals surface area (Å²) >= 11 is 0. The summed E-state index contributed by atoms with van der Waals surface area (Å²) in [6.07, 6.45) is 6.44. The van der Waals surface area contributed by atoms with Gasteiger partial charge in [0, 0.05) is 55.1 Å². The predicted octanol–water partition coefficient (Wildman–Crippen LogP) is 17.2. The predicted molar refractivity (Wildman–Crippen MR) is 312 cm³/mol. The van der Waals surface area contributed by atoms with Crippen LogP contribution >= 0.6 is 0 Å². The van der Waals surface area contributed by atoms with E-state index in [1.54, 1.807) is 0 Å². The minimum absolute atomic E-state index is 0. The molecule has 0 aliphatic rings. The molecule has 4 heterocycles. The summed E-state index contributed by atoms with van der Waals surface area (Å²) in [4.78, 5) is 4.96. The number of aryl methyl sites for hydroxylation is 1. The third kappa shape index (κ3) is 8.66. The van der Waals surface area contributed by atoms with Crippen molar-refractivity contribution >= 4 is 54.6 Å². The van der Waals surface area contributed by atoms with Gasteiger partial charge in [-0.05, 0) is 103 Å². The van der Waals surface area contributed by atoms with E-state index in [1.165, 1.54) is 5.56 Å². The summed E-state index contributed by atoms with van der Waals surface area (Å²) in [5.74, 6) is 1.70. The van der Waals surface area contributed by atoms with Crippen LogP contribution in [-0.2, 0) is 38.3 Å². The van der Waals surface area contributed by atoms with Crippen LogP contribution in [0.3, 0.4) is 0 Å². The van der Waals surface area contributed by atoms with Gasteiger partial charge in [-0.15, -0.1) is 24.3 Å². The average Bonchev–Trinajstić information content (AvgIpc) is 4.20. The number of hydrogen-bond donors (Lipinski definition) is 0. The largest absolute Gasteiger partial charge is 0.510 e. The number of imidazole rings is 1. The van der Waals surface area contributed by atoms with Gasteiger partial charge in [-0.3, -0.25) is 4.57 Å². The van der Waals surface area contributed by atoms with Crippen LogP contribution in [-0.4, -0.2) is 18.7 Å². The van der Waals surface area contributed by atoms with Crippen LogP contribution in [0.1, 0.15) is 72.0 Å². The number of pyridine rings is 1. The third-order valence-electron chi connectivity index (χ3n) is 14.7. The number of hydrogen-bond acceptors (Lipinski definition) is 2. The van der Waals surface area contributed by atoms with Crippen molar-refractivity contribution in [1.29, 1.82) is 0 Å². The minimum atomic E-state index is -0.450. The second-order valence-corrected chi connectivity index (χ2v) is 21.6. The summed E-state index contributed by atoms with van der Waals surface area (Å²) in [6, 6.07) is 63.6. The van der Waals surface area contributed by atoms with Crippen molar-refractivity contribution < 1.29 is 37.2 Å². The summed E-state index contributed by atoms with van der Waals surface area (Å²) in [5.41, 5.74) is 13.0. The Morgan fingerprint density at radius 1 is 0.571 bits per heavy atom. The molecule has 13 rings (SSSR count). The number of aromatic nitrogens is 5. The minimum Gasteiger partial charge on any atom is -0.510 e. The Hall–Kier alpha value is -8.31. The molecule has 4 aromatic heterocycles. The van der Waals surface area contributed by atoms with E-state index in [4.69, 9.17) is 13.8 Å². The van der Waals surface area contributed by atoms with Gasteiger partial charge in [-0.25, -0.2) is 4.98 Å². The third-order valence-corrected chi connectivity index (χ3v) is 14.7. The molecule has 0 atom stereocenters. The zero-order chi connectivity index (χ0) is 56.2. The Balaban J connectivity index is 0.00000665. The monoisotopic (exact) mass is 1180 g/mol. The summed E-state index contributed by atoms with van der Waals surface area (Å²) < 4.78 is 60.2. The van der Waals surface area contributed by atoms with E-state index in [0.717, 1.165) is 94.8 Å². The molecular weight excluding hydrogens is 1120 g/mol. The van der Waals surface area contributed by atoms with Gasteiger partial charge in [0.15, 0.2) is 0 Å². The molecule has 77 heavy (non-hydrogen) atoms. The van der Waals surface area contributed by atoms with Crippen LogP contribution in [0.25, 0.3) is 99.8 Å². The Labute approximate surface area is 471 Å². The quantitative estimate of drug-likeness (QED) is 0.107. The molecule has 9 aromatic carbocycles. The van der Waals surface area contributed by atoms with E-state index in [1.807, 2.05) is 76.0 Å². The first-order valence-corrected chi connectivity index (χ1v) is 25.9. The first-order valence-electron chi connectivity index (χ1n) is 28.4. The first kappa shape index (κ1) is 43.9. The van der Waals surface area contributed by atoms with Crippen molar-refractivity contribution in [1.82, 2.24) is 18.7 Å². The molecule has 0 saturated carbocycles. The van der Waals surface area contributed by atoms with Gasteiger partial charge in [-0.1, -0.05) is 205 Å². The fourth-order valence-corrected chi connectivity index (χ4v) is 10.8. The maximum absolute atomic E-state index is 9.30. The maximum Gasteiger partial charge on any atom is 0.268 e. The van der Waals surface area contributed by atoms with E-state index in [-0.39, 0.29) is 49.5 Å². The molecule has 0 saturated heterocycles. The fraction of sp³-hybridized carbons (Fsp3) is 0.143. The van der Waals surface area contributed by atoms with Crippen LogP contribution in [0.15, 0.2) is 206 Å². The molecule has 13 aromatic rings. The number of ether oxygens (including phenoxy) is 1. The Morgan fingerprint density at radius 3 is 1.83 bits per heavy atom. The molecule has 0 spiro atoms. The zero-order valence-corrected chi connectivity index (χ0v) is 46.2. The second-order valence-electron chi connectivity index (χ2n) is 21.6. The molecule has 0 unspecified atom stereocenters. The Bertz CT molecular complexity index is 4600. The molecule has 0 radical (unpaired) electrons. The van der Waals surface area contributed by atoms with Gasteiger partial charge in [0.05, 0.1) is 34.6 Å². The fourth-order valence-electron chi connectivity index (χ4n) is 10.8. The van der Waals surface area contributed by atoms with Crippen molar-refractivity contribution in [2.45, 2.75) is 65.7 Å². The number of para-hydroxylation sites is 6. The molecule has 0 aliphatic carbocycles. The van der Waals surface area contributed by atoms with Crippen molar-refractivity contribution in [2.24, 2.45) is 0 Å². The number of nitrogens with zero attached hydrogens (tertiary/aromatic N) is 5. The molecule has 6 nitrogen and oxygen atoms in total. The average molecular weight is 1180 g/mol. The van der Waals surface area contributed by atoms with Crippen LogP contribution in [0.2, 0.25) is 0 Å². The van der Waals surface area contributed by atoms with Crippen LogP contribution in [0.5, 0.6) is 11.5 Å². The van der Waals surface area contributed by atoms with Gasteiger partial charge in [0.1, 0.15) is 5.82 Å². The van der Waals surface area contributed by atoms with Crippen molar-refractivity contribution in [3.05, 3.63) is 241 Å². The van der Waals surface area contributed by atoms with E-state index >= 15 is 0 Å². The van der Waals surface area contributed by atoms with Crippen molar-refractivity contribution in [3.63, 3.8) is 0 Å². The van der Waals surface area contributed by atoms with E-state index < -0.39 is 18.1 Å². The molecular formula is C70H57N5OPt-2. The van der Waals surface area contributed by atoms with Crippen LogP contribution in [0, 0.1) is 18.5 Å². The summed E-state index contributed by atoms with van der Waals surface area (Å²) in [6.45, 7) is 15.4. The van der Waals surface area contributed by atoms with E-state index in [9.17, 15) is 2.74 Å². The smallest absolute Gasteiger partial charge is 0.268 e. The topological polar surface area (TPSA) is 40.8 Å². The standard InChI is InChI=1S/C70H57N5O.Pt/c1-8-46-36-37-71-66(38-46)75-61-33-17-14-28-58(61)67-64(74-59-31-15-12-26-56(59)57-27-13-16-32-60(57)74)43-53(44-65(67)75)76-52-25-20-24-51(42-52)72-45-73(63-35-19-18-34-62(63)72)68-54(47-22-10-9-11-23-47)29-21-30-55(68)48-39-49(69(2,3)4)41-50(40-48)70(5,6)7;/h9-41,43H,8H2,1-7H3;/q-2;/i9D,10D,11D,22D,23D;. The summed E-state index contributed by atoms with van der Waals surface area (Å²) in [7, 11) is 0. The second kappa shape index (κ2) is 19.4. The van der Waals surface area contributed by atoms with Crippen molar-refractivity contribution in [3.8, 4) is 56.6 Å². The van der Waals surface area contributed by atoms with E-state index in [2.05, 4.69) is 185 Å². The van der Waals surface area contributed by atoms with Crippen molar-refractivity contribution in [2.75, 3.05) is 0 Å². The number of rotatable bonds is 9. The van der Waals surface area contributed by atoms with Crippen LogP contribution in [0.4, 0.5) is 0 Å². The molecule has 380 valence electrons. The molecule has 7 heteroatoms. The first-order chi connectivity index (χ1) is 39.0. The van der Waals surface area contributed by atoms with Gasteiger partial charge < -0.3 is 18.4 Å². The van der Waals surface area contributed by atoms with Gasteiger partial charge >= 0.3 is 0 Å². The molecule has 0 bridgehead atoms. The molecule has 0 amide bonds. The molecule has 0 fully saturated rings. The molecule has 0 N–H and O–H groups in total. The van der Waals surface area contributed by atoms with E-state index in [0.29, 0.717) is 28.4 Å². The maximum atomic E-state index is 9.30. The van der Waals surface area contributed by atoms with Crippen LogP contribution < -0.4 is 9.30 Å². The normalized spacial score (nSPS) is 12.9. The van der Waals surface area contributed by atoms with Gasteiger partial charge in [0.2, 0.25) is 0 Å². The zero-order valence-electron chi connectivity index (χ0n) is 48.9. The number of fused-ring (bicyclic) bond motifs is 7. The summed E-state index contributed by atoms with van der Waals surface area (Å²) in [5, 5.41) is 4.34.